The number of hydrogen-bond donors (Lipinski definition) is 1. The Bertz CT molecular complexity index is 607. The Morgan fingerprint density at radius 1 is 1.43 bits per heavy atom. The van der Waals surface area contributed by atoms with Gasteiger partial charge in [0.1, 0.15) is 16.4 Å². The van der Waals surface area contributed by atoms with Crippen LogP contribution in [0.4, 0.5) is 0 Å². The summed E-state index contributed by atoms with van der Waals surface area (Å²) < 4.78 is 6.13. The average Bonchev–Trinajstić information content (AvgIpc) is 3.05. The molecular weight excluding hydrogens is 280 g/mol. The van der Waals surface area contributed by atoms with Crippen LogP contribution < -0.4 is 10.1 Å². The van der Waals surface area contributed by atoms with E-state index >= 15 is 0 Å². The third kappa shape index (κ3) is 3.11. The predicted octanol–water partition coefficient (Wildman–Crippen LogP) is 4.10. The number of fused-ring (bicyclic) bond motifs is 1. The van der Waals surface area contributed by atoms with Crippen LogP contribution in [0.25, 0.3) is 0 Å². The smallest absolute Gasteiger partial charge is 0.127 e. The molecular formula is C17H22N2OS. The van der Waals surface area contributed by atoms with E-state index in [1.165, 1.54) is 11.1 Å². The van der Waals surface area contributed by atoms with E-state index in [1.807, 2.05) is 11.6 Å². The quantitative estimate of drug-likeness (QED) is 0.903. The van der Waals surface area contributed by atoms with E-state index in [0.29, 0.717) is 6.04 Å². The van der Waals surface area contributed by atoms with Gasteiger partial charge in [0.2, 0.25) is 0 Å². The van der Waals surface area contributed by atoms with E-state index in [-0.39, 0.29) is 5.60 Å². The number of para-hydroxylation sites is 1. The van der Waals surface area contributed by atoms with Gasteiger partial charge in [0.15, 0.2) is 0 Å². The van der Waals surface area contributed by atoms with Crippen LogP contribution in [-0.4, -0.2) is 10.6 Å². The predicted molar refractivity (Wildman–Crippen MR) is 86.8 cm³/mol. The van der Waals surface area contributed by atoms with Crippen LogP contribution in [0.15, 0.2) is 29.8 Å². The molecule has 1 unspecified atom stereocenters. The summed E-state index contributed by atoms with van der Waals surface area (Å²) in [7, 11) is 0. The van der Waals surface area contributed by atoms with Crippen LogP contribution in [0.2, 0.25) is 0 Å². The maximum atomic E-state index is 6.13. The molecule has 2 aromatic rings. The molecule has 0 aliphatic carbocycles. The van der Waals surface area contributed by atoms with Gasteiger partial charge in [-0.05, 0) is 25.8 Å². The number of aromatic nitrogens is 1. The number of nitrogens with one attached hydrogen (secondary N) is 1. The van der Waals surface area contributed by atoms with Gasteiger partial charge >= 0.3 is 0 Å². The van der Waals surface area contributed by atoms with Crippen LogP contribution in [0.5, 0.6) is 5.75 Å². The Balaban J connectivity index is 1.74. The maximum absolute atomic E-state index is 6.13. The van der Waals surface area contributed by atoms with Gasteiger partial charge in [-0.25, -0.2) is 4.98 Å². The molecule has 0 radical (unpaired) electrons. The zero-order valence-electron chi connectivity index (χ0n) is 12.8. The Hall–Kier alpha value is -1.39. The molecule has 1 aliphatic heterocycles. The first-order valence-electron chi connectivity index (χ1n) is 7.51. The molecule has 1 N–H and O–H groups in total. The Morgan fingerprint density at radius 2 is 2.29 bits per heavy atom. The fourth-order valence-corrected chi connectivity index (χ4v) is 3.66. The van der Waals surface area contributed by atoms with Crippen molar-refractivity contribution in [2.45, 2.75) is 51.8 Å². The lowest BCUT2D eigenvalue weighted by atomic mass is 10.0. The van der Waals surface area contributed by atoms with E-state index < -0.39 is 0 Å². The highest BCUT2D eigenvalue weighted by atomic mass is 32.1. The first-order valence-corrected chi connectivity index (χ1v) is 8.39. The van der Waals surface area contributed by atoms with Crippen molar-refractivity contribution in [3.8, 4) is 5.75 Å². The molecule has 1 aliphatic rings. The van der Waals surface area contributed by atoms with E-state index in [2.05, 4.69) is 49.3 Å². The number of rotatable bonds is 5. The van der Waals surface area contributed by atoms with Crippen LogP contribution in [0, 0.1) is 0 Å². The van der Waals surface area contributed by atoms with Gasteiger partial charge in [-0.1, -0.05) is 25.1 Å². The summed E-state index contributed by atoms with van der Waals surface area (Å²) in [6, 6.07) is 6.77. The van der Waals surface area contributed by atoms with Gasteiger partial charge in [0.05, 0.1) is 6.04 Å². The van der Waals surface area contributed by atoms with E-state index in [9.17, 15) is 0 Å². The summed E-state index contributed by atoms with van der Waals surface area (Å²) in [5.74, 6) is 1.07. The molecule has 3 rings (SSSR count). The highest BCUT2D eigenvalue weighted by molar-refractivity contribution is 7.09. The minimum atomic E-state index is -0.0854. The molecule has 0 amide bonds. The topological polar surface area (TPSA) is 34.1 Å². The monoisotopic (exact) mass is 302 g/mol. The molecule has 0 bridgehead atoms. The summed E-state index contributed by atoms with van der Waals surface area (Å²) in [5, 5.41) is 6.80. The highest BCUT2D eigenvalue weighted by Crippen LogP contribution is 2.37. The van der Waals surface area contributed by atoms with Crippen LogP contribution >= 0.6 is 11.3 Å². The molecule has 3 nitrogen and oxygen atoms in total. The molecule has 21 heavy (non-hydrogen) atoms. The average molecular weight is 302 g/mol. The van der Waals surface area contributed by atoms with Gasteiger partial charge < -0.3 is 10.1 Å². The normalized spacial score (nSPS) is 17.3. The fourth-order valence-electron chi connectivity index (χ4n) is 2.86. The molecule has 0 spiro atoms. The van der Waals surface area contributed by atoms with Crippen molar-refractivity contribution >= 4 is 11.3 Å². The van der Waals surface area contributed by atoms with Crippen molar-refractivity contribution in [2.75, 3.05) is 0 Å². The van der Waals surface area contributed by atoms with Gasteiger partial charge in [0, 0.05) is 30.1 Å². The second kappa shape index (κ2) is 5.78. The highest BCUT2D eigenvalue weighted by Gasteiger charge is 2.31. The summed E-state index contributed by atoms with van der Waals surface area (Å²) >= 11 is 1.71. The third-order valence-electron chi connectivity index (χ3n) is 3.87. The number of benzene rings is 1. The number of nitrogens with zero attached hydrogens (tertiary/aromatic N) is 1. The van der Waals surface area contributed by atoms with Crippen molar-refractivity contribution in [1.29, 1.82) is 0 Å². The van der Waals surface area contributed by atoms with Gasteiger partial charge in [-0.2, -0.15) is 0 Å². The minimum Gasteiger partial charge on any atom is -0.487 e. The molecule has 0 saturated carbocycles. The number of thiazole rings is 1. The summed E-state index contributed by atoms with van der Waals surface area (Å²) in [6.07, 6.45) is 3.89. The van der Waals surface area contributed by atoms with Crippen LogP contribution in [0.1, 0.15) is 49.4 Å². The van der Waals surface area contributed by atoms with Gasteiger partial charge in [-0.15, -0.1) is 11.3 Å². The molecule has 2 heterocycles. The molecule has 1 aromatic carbocycles. The molecule has 0 fully saturated rings. The summed E-state index contributed by atoms with van der Waals surface area (Å²) in [4.78, 5) is 4.42. The van der Waals surface area contributed by atoms with Crippen molar-refractivity contribution in [1.82, 2.24) is 10.3 Å². The van der Waals surface area contributed by atoms with Crippen molar-refractivity contribution in [3.63, 3.8) is 0 Å². The number of hydrogen-bond acceptors (Lipinski definition) is 4. The Morgan fingerprint density at radius 3 is 3.00 bits per heavy atom. The van der Waals surface area contributed by atoms with Crippen LogP contribution in [-0.2, 0) is 13.0 Å². The van der Waals surface area contributed by atoms with Gasteiger partial charge in [0.25, 0.3) is 0 Å². The first kappa shape index (κ1) is 14.5. The van der Waals surface area contributed by atoms with E-state index in [4.69, 9.17) is 4.74 Å². The summed E-state index contributed by atoms with van der Waals surface area (Å²) in [5.41, 5.74) is 2.48. The molecule has 1 atom stereocenters. The third-order valence-corrected chi connectivity index (χ3v) is 4.76. The summed E-state index contributed by atoms with van der Waals surface area (Å²) in [6.45, 7) is 7.30. The Kier molecular flexibility index (Phi) is 4.00. The Labute approximate surface area is 130 Å². The van der Waals surface area contributed by atoms with Gasteiger partial charge in [-0.3, -0.25) is 0 Å². The fraction of sp³-hybridized carbons (Fsp3) is 0.471. The lowest BCUT2D eigenvalue weighted by Crippen LogP contribution is -2.25. The molecule has 1 aromatic heterocycles. The van der Waals surface area contributed by atoms with Crippen LogP contribution in [0.3, 0.4) is 0 Å². The maximum Gasteiger partial charge on any atom is 0.127 e. The van der Waals surface area contributed by atoms with Crippen molar-refractivity contribution in [3.05, 3.63) is 45.9 Å². The lowest BCUT2D eigenvalue weighted by Gasteiger charge is -2.19. The standard InChI is InChI=1S/C17H22N2OS/c1-4-14(16-18-8-9-21-16)19-11-13-7-5-6-12-10-17(2,3)20-15(12)13/h5-9,14,19H,4,10-11H2,1-3H3. The largest absolute Gasteiger partial charge is 0.487 e. The second-order valence-corrected chi connectivity index (χ2v) is 7.08. The SMILES string of the molecule is CCC(NCc1cccc2c1OC(C)(C)C2)c1nccs1. The minimum absolute atomic E-state index is 0.0854. The number of ether oxygens (including phenoxy) is 1. The molecule has 112 valence electrons. The second-order valence-electron chi connectivity index (χ2n) is 6.16. The molecule has 4 heteroatoms. The lowest BCUT2D eigenvalue weighted by molar-refractivity contribution is 0.137. The van der Waals surface area contributed by atoms with Crippen molar-refractivity contribution < 1.29 is 4.74 Å². The van der Waals surface area contributed by atoms with E-state index in [1.54, 1.807) is 11.3 Å². The van der Waals surface area contributed by atoms with Crippen molar-refractivity contribution in [2.24, 2.45) is 0 Å². The molecule has 0 saturated heterocycles. The first-order chi connectivity index (χ1) is 10.1. The zero-order valence-corrected chi connectivity index (χ0v) is 13.7. The zero-order chi connectivity index (χ0) is 14.9. The van der Waals surface area contributed by atoms with E-state index in [0.717, 1.165) is 30.1 Å².